The fourth-order valence-electron chi connectivity index (χ4n) is 1.72. The minimum absolute atomic E-state index is 0.221. The number of halogens is 2. The summed E-state index contributed by atoms with van der Waals surface area (Å²) in [6, 6.07) is 4.01. The second kappa shape index (κ2) is 8.15. The maximum absolute atomic E-state index is 9.16. The Morgan fingerprint density at radius 1 is 1.39 bits per heavy atom. The Hall–Kier alpha value is -0.100. The van der Waals surface area contributed by atoms with Gasteiger partial charge in [0.15, 0.2) is 0 Å². The first-order chi connectivity index (χ1) is 8.54. The van der Waals surface area contributed by atoms with E-state index in [-0.39, 0.29) is 6.10 Å². The van der Waals surface area contributed by atoms with Gasteiger partial charge in [-0.15, -0.1) is 0 Å². The largest absolute Gasteiger partial charge is 0.495 e. The number of hydrogen-bond acceptors (Lipinski definition) is 3. The van der Waals surface area contributed by atoms with E-state index in [1.54, 1.807) is 7.11 Å². The molecule has 0 heterocycles. The van der Waals surface area contributed by atoms with E-state index in [0.717, 1.165) is 46.2 Å². The van der Waals surface area contributed by atoms with E-state index in [9.17, 15) is 0 Å². The average molecular weight is 381 g/mol. The van der Waals surface area contributed by atoms with Gasteiger partial charge in [0.2, 0.25) is 0 Å². The molecule has 0 saturated carbocycles. The fraction of sp³-hybridized carbons (Fsp3) is 0.538. The van der Waals surface area contributed by atoms with E-state index in [2.05, 4.69) is 37.2 Å². The Labute approximate surface area is 125 Å². The molecule has 0 aliphatic carbocycles. The standard InChI is InChI=1S/C13H19Br2NO2/c1-9(17)4-3-5-16-8-10-6-11(14)7-12(15)13(10)18-2/h6-7,9,16-17H,3-5,8H2,1-2H3. The predicted octanol–water partition coefficient (Wildman–Crippen LogP) is 3.47. The molecule has 0 saturated heterocycles. The van der Waals surface area contributed by atoms with Crippen molar-refractivity contribution >= 4 is 31.9 Å². The summed E-state index contributed by atoms with van der Waals surface area (Å²) < 4.78 is 7.35. The molecule has 1 aromatic rings. The van der Waals surface area contributed by atoms with Crippen molar-refractivity contribution in [1.29, 1.82) is 0 Å². The highest BCUT2D eigenvalue weighted by molar-refractivity contribution is 9.11. The normalized spacial score (nSPS) is 12.5. The monoisotopic (exact) mass is 379 g/mol. The zero-order valence-corrected chi connectivity index (χ0v) is 13.8. The molecule has 0 aliphatic rings. The molecule has 1 atom stereocenters. The molecule has 0 radical (unpaired) electrons. The van der Waals surface area contributed by atoms with Gasteiger partial charge in [0.05, 0.1) is 17.7 Å². The van der Waals surface area contributed by atoms with Crippen LogP contribution in [0.15, 0.2) is 21.1 Å². The molecule has 0 bridgehead atoms. The van der Waals surface area contributed by atoms with Gasteiger partial charge in [-0.3, -0.25) is 0 Å². The third-order valence-corrected chi connectivity index (χ3v) is 3.63. The zero-order valence-electron chi connectivity index (χ0n) is 10.7. The number of aliphatic hydroxyl groups excluding tert-OH is 1. The van der Waals surface area contributed by atoms with E-state index in [1.807, 2.05) is 19.1 Å². The van der Waals surface area contributed by atoms with Gasteiger partial charge >= 0.3 is 0 Å². The fourth-order valence-corrected chi connectivity index (χ4v) is 3.19. The minimum Gasteiger partial charge on any atom is -0.495 e. The molecule has 3 nitrogen and oxygen atoms in total. The second-order valence-electron chi connectivity index (χ2n) is 4.25. The zero-order chi connectivity index (χ0) is 13.5. The lowest BCUT2D eigenvalue weighted by molar-refractivity contribution is 0.181. The lowest BCUT2D eigenvalue weighted by Crippen LogP contribution is -2.16. The van der Waals surface area contributed by atoms with Crippen LogP contribution in [0.1, 0.15) is 25.3 Å². The molecular weight excluding hydrogens is 362 g/mol. The highest BCUT2D eigenvalue weighted by atomic mass is 79.9. The van der Waals surface area contributed by atoms with E-state index in [0.29, 0.717) is 0 Å². The van der Waals surface area contributed by atoms with E-state index < -0.39 is 0 Å². The summed E-state index contributed by atoms with van der Waals surface area (Å²) in [7, 11) is 1.67. The van der Waals surface area contributed by atoms with Crippen molar-refractivity contribution < 1.29 is 9.84 Å². The molecule has 0 amide bonds. The van der Waals surface area contributed by atoms with Crippen molar-refractivity contribution in [3.63, 3.8) is 0 Å². The van der Waals surface area contributed by atoms with Crippen LogP contribution in [0.3, 0.4) is 0 Å². The lowest BCUT2D eigenvalue weighted by atomic mass is 10.2. The summed E-state index contributed by atoms with van der Waals surface area (Å²) in [6.45, 7) is 3.45. The molecule has 18 heavy (non-hydrogen) atoms. The SMILES string of the molecule is COc1c(Br)cc(Br)cc1CNCCCC(C)O. The second-order valence-corrected chi connectivity index (χ2v) is 6.02. The van der Waals surface area contributed by atoms with E-state index in [1.165, 1.54) is 0 Å². The molecule has 0 fully saturated rings. The van der Waals surface area contributed by atoms with Crippen LogP contribution in [0.5, 0.6) is 5.75 Å². The Morgan fingerprint density at radius 3 is 2.72 bits per heavy atom. The van der Waals surface area contributed by atoms with Gasteiger partial charge in [-0.25, -0.2) is 0 Å². The summed E-state index contributed by atoms with van der Waals surface area (Å²) >= 11 is 6.96. The van der Waals surface area contributed by atoms with Crippen molar-refractivity contribution in [3.8, 4) is 5.75 Å². The molecule has 102 valence electrons. The van der Waals surface area contributed by atoms with Crippen LogP contribution in [0.4, 0.5) is 0 Å². The van der Waals surface area contributed by atoms with Gasteiger partial charge in [0.25, 0.3) is 0 Å². The topological polar surface area (TPSA) is 41.5 Å². The number of ether oxygens (including phenoxy) is 1. The smallest absolute Gasteiger partial charge is 0.137 e. The summed E-state index contributed by atoms with van der Waals surface area (Å²) in [5.74, 6) is 0.862. The van der Waals surface area contributed by atoms with Crippen molar-refractivity contribution in [2.45, 2.75) is 32.4 Å². The highest BCUT2D eigenvalue weighted by Crippen LogP contribution is 2.32. The Bertz CT molecular complexity index is 383. The maximum Gasteiger partial charge on any atom is 0.137 e. The van der Waals surface area contributed by atoms with Crippen LogP contribution in [0.2, 0.25) is 0 Å². The molecule has 2 N–H and O–H groups in total. The third-order valence-electron chi connectivity index (χ3n) is 2.58. The van der Waals surface area contributed by atoms with Crippen molar-refractivity contribution in [3.05, 3.63) is 26.6 Å². The van der Waals surface area contributed by atoms with Gasteiger partial charge in [0, 0.05) is 16.6 Å². The molecule has 0 spiro atoms. The van der Waals surface area contributed by atoms with Crippen LogP contribution in [0.25, 0.3) is 0 Å². The van der Waals surface area contributed by atoms with Crippen molar-refractivity contribution in [2.24, 2.45) is 0 Å². The van der Waals surface area contributed by atoms with Gasteiger partial charge in [-0.1, -0.05) is 15.9 Å². The number of nitrogens with one attached hydrogen (secondary N) is 1. The summed E-state index contributed by atoms with van der Waals surface area (Å²) in [4.78, 5) is 0. The Balaban J connectivity index is 2.51. The Kier molecular flexibility index (Phi) is 7.22. The molecule has 1 aromatic carbocycles. The van der Waals surface area contributed by atoms with Crippen LogP contribution >= 0.6 is 31.9 Å². The quantitative estimate of drug-likeness (QED) is 0.711. The Morgan fingerprint density at radius 2 is 2.11 bits per heavy atom. The summed E-state index contributed by atoms with van der Waals surface area (Å²) in [5, 5.41) is 12.5. The lowest BCUT2D eigenvalue weighted by Gasteiger charge is -2.12. The summed E-state index contributed by atoms with van der Waals surface area (Å²) in [5.41, 5.74) is 1.11. The van der Waals surface area contributed by atoms with Crippen LogP contribution < -0.4 is 10.1 Å². The van der Waals surface area contributed by atoms with Gasteiger partial charge in [-0.05, 0) is 54.4 Å². The maximum atomic E-state index is 9.16. The molecular formula is C13H19Br2NO2. The van der Waals surface area contributed by atoms with Crippen LogP contribution in [0, 0.1) is 0 Å². The van der Waals surface area contributed by atoms with Crippen LogP contribution in [-0.2, 0) is 6.54 Å². The molecule has 0 aromatic heterocycles. The van der Waals surface area contributed by atoms with Gasteiger partial charge < -0.3 is 15.2 Å². The molecule has 1 rings (SSSR count). The molecule has 0 aliphatic heterocycles. The first-order valence-corrected chi connectivity index (χ1v) is 7.54. The van der Waals surface area contributed by atoms with Crippen LogP contribution in [-0.4, -0.2) is 24.9 Å². The summed E-state index contributed by atoms with van der Waals surface area (Å²) in [6.07, 6.45) is 1.57. The van der Waals surface area contributed by atoms with Gasteiger partial charge in [0.1, 0.15) is 5.75 Å². The third kappa shape index (κ3) is 5.26. The minimum atomic E-state index is -0.221. The number of rotatable bonds is 7. The average Bonchev–Trinajstić information content (AvgIpc) is 2.27. The number of benzene rings is 1. The van der Waals surface area contributed by atoms with Crippen molar-refractivity contribution in [2.75, 3.05) is 13.7 Å². The number of aliphatic hydroxyl groups is 1. The van der Waals surface area contributed by atoms with E-state index >= 15 is 0 Å². The first-order valence-electron chi connectivity index (χ1n) is 5.95. The van der Waals surface area contributed by atoms with Crippen molar-refractivity contribution in [1.82, 2.24) is 5.32 Å². The number of methoxy groups -OCH3 is 1. The van der Waals surface area contributed by atoms with Gasteiger partial charge in [-0.2, -0.15) is 0 Å². The van der Waals surface area contributed by atoms with E-state index in [4.69, 9.17) is 9.84 Å². The number of hydrogen-bond donors (Lipinski definition) is 2. The molecule has 1 unspecified atom stereocenters. The first kappa shape index (κ1) is 16.0. The molecule has 5 heteroatoms. The predicted molar refractivity (Wildman–Crippen MR) is 81.0 cm³/mol. The highest BCUT2D eigenvalue weighted by Gasteiger charge is 2.08.